The van der Waals surface area contributed by atoms with Crippen molar-refractivity contribution in [2.75, 3.05) is 18.0 Å². The average Bonchev–Trinajstić information content (AvgIpc) is 3.18. The van der Waals surface area contributed by atoms with E-state index in [0.717, 1.165) is 29.9 Å². The summed E-state index contributed by atoms with van der Waals surface area (Å²) in [6.07, 6.45) is 0. The van der Waals surface area contributed by atoms with E-state index in [4.69, 9.17) is 4.42 Å². The smallest absolute Gasteiger partial charge is 0.387 e. The van der Waals surface area contributed by atoms with Gasteiger partial charge in [0, 0.05) is 30.1 Å². The van der Waals surface area contributed by atoms with Crippen molar-refractivity contribution in [2.45, 2.75) is 31.4 Å². The Bertz CT molecular complexity index is 866. The topological polar surface area (TPSA) is 51.4 Å². The van der Waals surface area contributed by atoms with E-state index in [-0.39, 0.29) is 5.75 Å². The summed E-state index contributed by atoms with van der Waals surface area (Å²) >= 11 is 1.39. The number of hydrogen-bond donors (Lipinski definition) is 0. The van der Waals surface area contributed by atoms with Crippen LogP contribution in [0.2, 0.25) is 0 Å². The van der Waals surface area contributed by atoms with Gasteiger partial charge in [0.1, 0.15) is 5.75 Å². The minimum absolute atomic E-state index is 0.136. The Labute approximate surface area is 166 Å². The number of alkyl halides is 2. The highest BCUT2D eigenvalue weighted by molar-refractivity contribution is 7.98. The summed E-state index contributed by atoms with van der Waals surface area (Å²) < 4.78 is 34.4. The van der Waals surface area contributed by atoms with Crippen molar-refractivity contribution in [1.29, 1.82) is 0 Å². The third-order valence-corrected chi connectivity index (χ3v) is 5.05. The van der Waals surface area contributed by atoms with Gasteiger partial charge in [-0.3, -0.25) is 0 Å². The van der Waals surface area contributed by atoms with Crippen LogP contribution >= 0.6 is 11.8 Å². The van der Waals surface area contributed by atoms with Crippen LogP contribution in [-0.2, 0) is 5.75 Å². The molecule has 28 heavy (non-hydrogen) atoms. The summed E-state index contributed by atoms with van der Waals surface area (Å²) in [6, 6.07) is 14.5. The van der Waals surface area contributed by atoms with Crippen LogP contribution in [0.3, 0.4) is 0 Å². The number of aromatic nitrogens is 2. The van der Waals surface area contributed by atoms with Crippen molar-refractivity contribution < 1.29 is 17.9 Å². The molecule has 0 aliphatic rings. The maximum Gasteiger partial charge on any atom is 0.387 e. The van der Waals surface area contributed by atoms with Crippen molar-refractivity contribution in [3.05, 3.63) is 54.1 Å². The lowest BCUT2D eigenvalue weighted by Crippen LogP contribution is -2.21. The van der Waals surface area contributed by atoms with Gasteiger partial charge < -0.3 is 14.1 Å². The zero-order valence-corrected chi connectivity index (χ0v) is 16.5. The molecule has 0 fully saturated rings. The second-order valence-corrected chi connectivity index (χ2v) is 6.83. The second kappa shape index (κ2) is 9.54. The van der Waals surface area contributed by atoms with E-state index in [9.17, 15) is 8.78 Å². The predicted octanol–water partition coefficient (Wildman–Crippen LogP) is 5.48. The molecule has 0 saturated carbocycles. The van der Waals surface area contributed by atoms with Crippen LogP contribution in [0.4, 0.5) is 14.5 Å². The van der Waals surface area contributed by atoms with Crippen LogP contribution < -0.4 is 9.64 Å². The fraction of sp³-hybridized carbons (Fsp3) is 0.300. The SMILES string of the molecule is CCN(CC)c1ccc(-c2nnc(SCc3ccc(OC(F)F)cc3)o2)cc1. The zero-order valence-electron chi connectivity index (χ0n) is 15.6. The molecule has 0 atom stereocenters. The molecule has 5 nitrogen and oxygen atoms in total. The molecule has 2 aromatic carbocycles. The highest BCUT2D eigenvalue weighted by Gasteiger charge is 2.11. The summed E-state index contributed by atoms with van der Waals surface area (Å²) in [5, 5.41) is 8.63. The first kappa shape index (κ1) is 20.1. The summed E-state index contributed by atoms with van der Waals surface area (Å²) in [4.78, 5) is 2.26. The molecule has 0 bridgehead atoms. The quantitative estimate of drug-likeness (QED) is 0.440. The molecule has 0 unspecified atom stereocenters. The Morgan fingerprint density at radius 2 is 1.68 bits per heavy atom. The lowest BCUT2D eigenvalue weighted by molar-refractivity contribution is -0.0498. The summed E-state index contributed by atoms with van der Waals surface area (Å²) in [5.41, 5.74) is 2.96. The minimum Gasteiger partial charge on any atom is -0.435 e. The second-order valence-electron chi connectivity index (χ2n) is 5.90. The monoisotopic (exact) mass is 405 g/mol. The van der Waals surface area contributed by atoms with Crippen LogP contribution in [0.1, 0.15) is 19.4 Å². The molecule has 0 amide bonds. The third-order valence-electron chi connectivity index (χ3n) is 4.16. The van der Waals surface area contributed by atoms with E-state index in [1.54, 1.807) is 12.1 Å². The number of hydrogen-bond acceptors (Lipinski definition) is 6. The molecule has 0 radical (unpaired) electrons. The van der Waals surface area contributed by atoms with E-state index in [1.807, 2.05) is 24.3 Å². The molecule has 0 N–H and O–H groups in total. The highest BCUT2D eigenvalue weighted by atomic mass is 32.2. The molecule has 3 aromatic rings. The van der Waals surface area contributed by atoms with Crippen LogP contribution in [-0.4, -0.2) is 29.9 Å². The lowest BCUT2D eigenvalue weighted by atomic mass is 10.2. The van der Waals surface area contributed by atoms with Gasteiger partial charge in [0.25, 0.3) is 5.22 Å². The molecule has 1 aromatic heterocycles. The fourth-order valence-electron chi connectivity index (χ4n) is 2.70. The number of benzene rings is 2. The molecule has 8 heteroatoms. The van der Waals surface area contributed by atoms with Crippen molar-refractivity contribution in [3.8, 4) is 17.2 Å². The molecule has 0 saturated heterocycles. The minimum atomic E-state index is -2.82. The molecule has 0 spiro atoms. The Kier molecular flexibility index (Phi) is 6.86. The van der Waals surface area contributed by atoms with Crippen LogP contribution in [0, 0.1) is 0 Å². The van der Waals surface area contributed by atoms with E-state index in [1.165, 1.54) is 23.9 Å². The summed E-state index contributed by atoms with van der Waals surface area (Å²) in [6.45, 7) is 3.33. The number of thioether (sulfide) groups is 1. The molecular weight excluding hydrogens is 384 g/mol. The zero-order chi connectivity index (χ0) is 19.9. The average molecular weight is 405 g/mol. The van der Waals surface area contributed by atoms with Gasteiger partial charge in [-0.25, -0.2) is 0 Å². The van der Waals surface area contributed by atoms with Crippen molar-refractivity contribution >= 4 is 17.4 Å². The van der Waals surface area contributed by atoms with E-state index in [0.29, 0.717) is 16.9 Å². The number of rotatable bonds is 9. The number of halogens is 2. The molecule has 0 aliphatic heterocycles. The fourth-order valence-corrected chi connectivity index (χ4v) is 3.42. The Morgan fingerprint density at radius 3 is 2.29 bits per heavy atom. The van der Waals surface area contributed by atoms with Gasteiger partial charge in [-0.15, -0.1) is 10.2 Å². The molecule has 1 heterocycles. The van der Waals surface area contributed by atoms with Crippen molar-refractivity contribution in [2.24, 2.45) is 0 Å². The van der Waals surface area contributed by atoms with E-state index < -0.39 is 6.61 Å². The summed E-state index contributed by atoms with van der Waals surface area (Å²) in [5.74, 6) is 1.18. The first-order valence-corrected chi connectivity index (χ1v) is 9.93. The first-order chi connectivity index (χ1) is 13.6. The van der Waals surface area contributed by atoms with E-state index in [2.05, 4.69) is 33.7 Å². The normalized spacial score (nSPS) is 11.0. The van der Waals surface area contributed by atoms with Crippen LogP contribution in [0.5, 0.6) is 5.75 Å². The highest BCUT2D eigenvalue weighted by Crippen LogP contribution is 2.27. The van der Waals surface area contributed by atoms with Gasteiger partial charge in [0.05, 0.1) is 0 Å². The van der Waals surface area contributed by atoms with Crippen molar-refractivity contribution in [1.82, 2.24) is 10.2 Å². The predicted molar refractivity (Wildman–Crippen MR) is 106 cm³/mol. The molecular formula is C20H21F2N3O2S. The molecule has 3 rings (SSSR count). The van der Waals surface area contributed by atoms with Gasteiger partial charge in [-0.2, -0.15) is 8.78 Å². The third kappa shape index (κ3) is 5.22. The Morgan fingerprint density at radius 1 is 1.00 bits per heavy atom. The largest absolute Gasteiger partial charge is 0.435 e. The van der Waals surface area contributed by atoms with Crippen molar-refractivity contribution in [3.63, 3.8) is 0 Å². The number of nitrogens with zero attached hydrogens (tertiary/aromatic N) is 3. The number of ether oxygens (including phenoxy) is 1. The Hall–Kier alpha value is -2.61. The van der Waals surface area contributed by atoms with Crippen LogP contribution in [0.15, 0.2) is 58.2 Å². The Balaban J connectivity index is 1.59. The first-order valence-electron chi connectivity index (χ1n) is 8.94. The molecule has 0 aliphatic carbocycles. The summed E-state index contributed by atoms with van der Waals surface area (Å²) in [7, 11) is 0. The maximum absolute atomic E-state index is 12.2. The van der Waals surface area contributed by atoms with Gasteiger partial charge in [0.2, 0.25) is 5.89 Å². The van der Waals surface area contributed by atoms with E-state index >= 15 is 0 Å². The van der Waals surface area contributed by atoms with Gasteiger partial charge >= 0.3 is 6.61 Å². The van der Waals surface area contributed by atoms with Gasteiger partial charge in [-0.05, 0) is 55.8 Å². The maximum atomic E-state index is 12.2. The molecule has 148 valence electrons. The number of anilines is 1. The van der Waals surface area contributed by atoms with Crippen LogP contribution in [0.25, 0.3) is 11.5 Å². The lowest BCUT2D eigenvalue weighted by Gasteiger charge is -2.20. The standard InChI is InChI=1S/C20H21F2N3O2S/c1-3-25(4-2)16-9-7-15(8-10-16)18-23-24-20(27-18)28-13-14-5-11-17(12-6-14)26-19(21)22/h5-12,19H,3-4,13H2,1-2H3. The van der Waals surface area contributed by atoms with Gasteiger partial charge in [-0.1, -0.05) is 23.9 Å². The van der Waals surface area contributed by atoms with Gasteiger partial charge in [0.15, 0.2) is 0 Å².